The minimum atomic E-state index is -0.898. The maximum Gasteiger partial charge on any atom is 0.332 e. The molecule has 0 aliphatic carbocycles. The molecule has 0 rings (SSSR count). The van der Waals surface area contributed by atoms with Gasteiger partial charge in [0.25, 0.3) is 0 Å². The van der Waals surface area contributed by atoms with Gasteiger partial charge in [0.1, 0.15) is 0 Å². The number of rotatable bonds is 5. The van der Waals surface area contributed by atoms with E-state index in [4.69, 9.17) is 9.84 Å². The number of carbonyl (C=O) groups is 1. The number of hydrogen-bond acceptors (Lipinski definition) is 2. The molecule has 2 unspecified atom stereocenters. The zero-order chi connectivity index (χ0) is 9.72. The van der Waals surface area contributed by atoms with Crippen LogP contribution in [0.4, 0.5) is 0 Å². The van der Waals surface area contributed by atoms with Crippen LogP contribution in [-0.2, 0) is 9.53 Å². The van der Waals surface area contributed by atoms with E-state index in [0.717, 1.165) is 6.42 Å². The average Bonchev–Trinajstić information content (AvgIpc) is 1.84. The Balaban J connectivity index is 3.68. The van der Waals surface area contributed by atoms with Crippen molar-refractivity contribution in [2.45, 2.75) is 46.3 Å². The topological polar surface area (TPSA) is 46.5 Å². The SMILES string of the molecule is CC(C)CC(C)OC(C)C(=O)O. The molecule has 0 saturated carbocycles. The largest absolute Gasteiger partial charge is 0.479 e. The van der Waals surface area contributed by atoms with E-state index in [-0.39, 0.29) is 6.10 Å². The van der Waals surface area contributed by atoms with Crippen molar-refractivity contribution in [2.24, 2.45) is 5.92 Å². The Labute approximate surface area is 73.7 Å². The minimum absolute atomic E-state index is 0.0242. The van der Waals surface area contributed by atoms with Gasteiger partial charge in [-0.3, -0.25) is 0 Å². The van der Waals surface area contributed by atoms with Crippen LogP contribution in [0.2, 0.25) is 0 Å². The van der Waals surface area contributed by atoms with Gasteiger partial charge in [-0.1, -0.05) is 13.8 Å². The van der Waals surface area contributed by atoms with E-state index < -0.39 is 12.1 Å². The van der Waals surface area contributed by atoms with Gasteiger partial charge < -0.3 is 9.84 Å². The molecule has 0 amide bonds. The first-order valence-electron chi connectivity index (χ1n) is 4.31. The molecule has 0 spiro atoms. The van der Waals surface area contributed by atoms with Crippen LogP contribution in [0.15, 0.2) is 0 Å². The number of hydrogen-bond donors (Lipinski definition) is 1. The minimum Gasteiger partial charge on any atom is -0.479 e. The van der Waals surface area contributed by atoms with E-state index in [0.29, 0.717) is 5.92 Å². The summed E-state index contributed by atoms with van der Waals surface area (Å²) >= 11 is 0. The molecule has 12 heavy (non-hydrogen) atoms. The lowest BCUT2D eigenvalue weighted by Gasteiger charge is -2.17. The predicted octanol–water partition coefficient (Wildman–Crippen LogP) is 1.91. The summed E-state index contributed by atoms with van der Waals surface area (Å²) in [7, 11) is 0. The Morgan fingerprint density at radius 1 is 1.33 bits per heavy atom. The highest BCUT2D eigenvalue weighted by Crippen LogP contribution is 2.09. The molecule has 0 fully saturated rings. The molecule has 0 radical (unpaired) electrons. The van der Waals surface area contributed by atoms with Crippen molar-refractivity contribution in [3.8, 4) is 0 Å². The summed E-state index contributed by atoms with van der Waals surface area (Å²) in [6.45, 7) is 7.63. The highest BCUT2D eigenvalue weighted by molar-refractivity contribution is 5.71. The first kappa shape index (κ1) is 11.4. The fraction of sp³-hybridized carbons (Fsp3) is 0.889. The van der Waals surface area contributed by atoms with Gasteiger partial charge >= 0.3 is 5.97 Å². The first-order valence-corrected chi connectivity index (χ1v) is 4.31. The molecule has 1 N–H and O–H groups in total. The van der Waals surface area contributed by atoms with Crippen molar-refractivity contribution < 1.29 is 14.6 Å². The van der Waals surface area contributed by atoms with E-state index in [1.54, 1.807) is 6.92 Å². The summed E-state index contributed by atoms with van der Waals surface area (Å²) in [6, 6.07) is 0. The van der Waals surface area contributed by atoms with Gasteiger partial charge in [0, 0.05) is 0 Å². The van der Waals surface area contributed by atoms with E-state index in [9.17, 15) is 4.79 Å². The Hall–Kier alpha value is -0.570. The molecule has 0 aliphatic heterocycles. The van der Waals surface area contributed by atoms with Gasteiger partial charge in [-0.15, -0.1) is 0 Å². The van der Waals surface area contributed by atoms with Crippen LogP contribution in [0.25, 0.3) is 0 Å². The van der Waals surface area contributed by atoms with Crippen LogP contribution < -0.4 is 0 Å². The van der Waals surface area contributed by atoms with Crippen LogP contribution in [0.3, 0.4) is 0 Å². The van der Waals surface area contributed by atoms with Crippen molar-refractivity contribution >= 4 is 5.97 Å². The van der Waals surface area contributed by atoms with Crippen molar-refractivity contribution in [1.82, 2.24) is 0 Å². The lowest BCUT2D eigenvalue weighted by molar-refractivity contribution is -0.152. The number of carboxylic acid groups (broad SMARTS) is 1. The molecule has 0 aromatic rings. The van der Waals surface area contributed by atoms with Gasteiger partial charge in [0.2, 0.25) is 0 Å². The lowest BCUT2D eigenvalue weighted by atomic mass is 10.1. The highest BCUT2D eigenvalue weighted by atomic mass is 16.5. The summed E-state index contributed by atoms with van der Waals surface area (Å²) in [5, 5.41) is 8.54. The van der Waals surface area contributed by atoms with E-state index >= 15 is 0 Å². The van der Waals surface area contributed by atoms with Crippen molar-refractivity contribution in [3.63, 3.8) is 0 Å². The van der Waals surface area contributed by atoms with Crippen LogP contribution >= 0.6 is 0 Å². The third-order valence-electron chi connectivity index (χ3n) is 1.59. The highest BCUT2D eigenvalue weighted by Gasteiger charge is 2.15. The molecule has 0 aromatic carbocycles. The number of carboxylic acids is 1. The zero-order valence-corrected chi connectivity index (χ0v) is 8.20. The quantitative estimate of drug-likeness (QED) is 0.692. The molecular formula is C9H18O3. The van der Waals surface area contributed by atoms with Crippen LogP contribution in [0.5, 0.6) is 0 Å². The van der Waals surface area contributed by atoms with E-state index in [2.05, 4.69) is 13.8 Å². The standard InChI is InChI=1S/C9H18O3/c1-6(2)5-7(3)12-8(4)9(10)11/h6-8H,5H2,1-4H3,(H,10,11). The van der Waals surface area contributed by atoms with Crippen molar-refractivity contribution in [3.05, 3.63) is 0 Å². The van der Waals surface area contributed by atoms with Gasteiger partial charge in [0.15, 0.2) is 6.10 Å². The third-order valence-corrected chi connectivity index (χ3v) is 1.59. The average molecular weight is 174 g/mol. The molecule has 2 atom stereocenters. The van der Waals surface area contributed by atoms with Gasteiger partial charge in [-0.25, -0.2) is 4.79 Å². The number of ether oxygens (including phenoxy) is 1. The summed E-state index contributed by atoms with van der Waals surface area (Å²) in [5.41, 5.74) is 0. The van der Waals surface area contributed by atoms with Crippen LogP contribution in [-0.4, -0.2) is 23.3 Å². The van der Waals surface area contributed by atoms with Gasteiger partial charge in [-0.2, -0.15) is 0 Å². The summed E-state index contributed by atoms with van der Waals surface area (Å²) in [5.74, 6) is -0.355. The fourth-order valence-electron chi connectivity index (χ4n) is 1.13. The first-order chi connectivity index (χ1) is 5.43. The Morgan fingerprint density at radius 2 is 1.83 bits per heavy atom. The molecule has 0 aliphatic rings. The second kappa shape index (κ2) is 5.14. The molecular weight excluding hydrogens is 156 g/mol. The number of aliphatic carboxylic acids is 1. The third kappa shape index (κ3) is 5.13. The zero-order valence-electron chi connectivity index (χ0n) is 8.20. The summed E-state index contributed by atoms with van der Waals surface area (Å²) in [6.07, 6.45) is 0.229. The van der Waals surface area contributed by atoms with Crippen LogP contribution in [0.1, 0.15) is 34.1 Å². The normalized spacial score (nSPS) is 16.1. The predicted molar refractivity (Wildman–Crippen MR) is 47.1 cm³/mol. The molecule has 3 heteroatoms. The van der Waals surface area contributed by atoms with Gasteiger partial charge in [0.05, 0.1) is 6.10 Å². The maximum absolute atomic E-state index is 10.4. The monoisotopic (exact) mass is 174 g/mol. The molecule has 0 bridgehead atoms. The van der Waals surface area contributed by atoms with Crippen LogP contribution in [0, 0.1) is 5.92 Å². The molecule has 0 saturated heterocycles. The molecule has 3 nitrogen and oxygen atoms in total. The van der Waals surface area contributed by atoms with Gasteiger partial charge in [-0.05, 0) is 26.2 Å². The molecule has 0 heterocycles. The van der Waals surface area contributed by atoms with Crippen molar-refractivity contribution in [1.29, 1.82) is 0 Å². The smallest absolute Gasteiger partial charge is 0.332 e. The fourth-order valence-corrected chi connectivity index (χ4v) is 1.13. The lowest BCUT2D eigenvalue weighted by Crippen LogP contribution is -2.25. The second-order valence-corrected chi connectivity index (χ2v) is 3.56. The Bertz CT molecular complexity index is 143. The Morgan fingerprint density at radius 3 is 2.17 bits per heavy atom. The molecule has 0 aromatic heterocycles. The Kier molecular flexibility index (Phi) is 4.90. The second-order valence-electron chi connectivity index (χ2n) is 3.56. The van der Waals surface area contributed by atoms with Crippen molar-refractivity contribution in [2.75, 3.05) is 0 Å². The molecule has 72 valence electrons. The maximum atomic E-state index is 10.4. The summed E-state index contributed by atoms with van der Waals surface area (Å²) in [4.78, 5) is 10.4. The van der Waals surface area contributed by atoms with E-state index in [1.165, 1.54) is 0 Å². The summed E-state index contributed by atoms with van der Waals surface area (Å²) < 4.78 is 5.22. The van der Waals surface area contributed by atoms with E-state index in [1.807, 2.05) is 6.92 Å².